The lowest BCUT2D eigenvalue weighted by Crippen LogP contribution is -2.18. The van der Waals surface area contributed by atoms with Crippen LogP contribution in [0.5, 0.6) is 5.75 Å². The number of terminal acetylenes is 1. The molecule has 80 valence electrons. The van der Waals surface area contributed by atoms with Gasteiger partial charge in [0.15, 0.2) is 5.75 Å². The van der Waals surface area contributed by atoms with Crippen molar-refractivity contribution in [3.63, 3.8) is 0 Å². The summed E-state index contributed by atoms with van der Waals surface area (Å²) in [7, 11) is 0. The van der Waals surface area contributed by atoms with E-state index in [0.29, 0.717) is 12.7 Å². The van der Waals surface area contributed by atoms with E-state index in [1.54, 1.807) is 45.2 Å². The molecule has 0 atom stereocenters. The van der Waals surface area contributed by atoms with Crippen molar-refractivity contribution in [2.45, 2.75) is 6.36 Å². The lowest BCUT2D eigenvalue weighted by Gasteiger charge is -2.12. The molecule has 0 saturated heterocycles. The Hall–Kier alpha value is -0.170. The molecule has 0 aromatic heterocycles. The molecule has 0 aliphatic carbocycles. The van der Waals surface area contributed by atoms with Crippen LogP contribution in [0.4, 0.5) is 13.2 Å². The summed E-state index contributed by atoms with van der Waals surface area (Å²) in [6, 6.07) is 2.92. The summed E-state index contributed by atoms with van der Waals surface area (Å²) in [5, 5.41) is 0. The maximum Gasteiger partial charge on any atom is 0.573 e. The molecule has 0 saturated carbocycles. The highest BCUT2D eigenvalue weighted by molar-refractivity contribution is 14.1. The first kappa shape index (κ1) is 12.9. The second-order valence-corrected chi connectivity index (χ2v) is 4.79. The molecule has 1 aromatic rings. The molecule has 15 heavy (non-hydrogen) atoms. The Bertz CT molecular complexity index is 397. The van der Waals surface area contributed by atoms with Crippen LogP contribution in [0, 0.1) is 19.5 Å². The van der Waals surface area contributed by atoms with Crippen LogP contribution < -0.4 is 4.74 Å². The van der Waals surface area contributed by atoms with Gasteiger partial charge in [0.05, 0.1) is 7.14 Å². The summed E-state index contributed by atoms with van der Waals surface area (Å²) < 4.78 is 40.6. The van der Waals surface area contributed by atoms with Gasteiger partial charge in [-0.3, -0.25) is 0 Å². The van der Waals surface area contributed by atoms with E-state index in [1.807, 2.05) is 0 Å². The third-order valence-electron chi connectivity index (χ3n) is 1.38. The van der Waals surface area contributed by atoms with Gasteiger partial charge in [-0.15, -0.1) is 19.6 Å². The van der Waals surface area contributed by atoms with Crippen LogP contribution in [-0.4, -0.2) is 6.36 Å². The molecule has 0 spiro atoms. The lowest BCUT2D eigenvalue weighted by molar-refractivity contribution is -0.275. The summed E-state index contributed by atoms with van der Waals surface area (Å²) in [5.74, 6) is 2.15. The molecular weight excluding hydrogens is 435 g/mol. The van der Waals surface area contributed by atoms with Crippen molar-refractivity contribution in [1.29, 1.82) is 0 Å². The highest BCUT2D eigenvalue weighted by Crippen LogP contribution is 2.33. The molecule has 6 heteroatoms. The average Bonchev–Trinajstić information content (AvgIpc) is 2.09. The zero-order chi connectivity index (χ0) is 11.6. The highest BCUT2D eigenvalue weighted by Gasteiger charge is 2.33. The van der Waals surface area contributed by atoms with Crippen LogP contribution in [0.25, 0.3) is 0 Å². The first-order chi connectivity index (χ1) is 6.83. The van der Waals surface area contributed by atoms with Gasteiger partial charge in [-0.1, -0.05) is 5.92 Å². The van der Waals surface area contributed by atoms with Gasteiger partial charge in [0.2, 0.25) is 0 Å². The topological polar surface area (TPSA) is 9.23 Å². The second kappa shape index (κ2) is 4.78. The molecule has 0 aliphatic rings. The Morgan fingerprint density at radius 2 is 1.67 bits per heavy atom. The second-order valence-electron chi connectivity index (χ2n) is 2.46. The van der Waals surface area contributed by atoms with Crippen molar-refractivity contribution in [3.05, 3.63) is 24.8 Å². The molecule has 0 heterocycles. The van der Waals surface area contributed by atoms with Gasteiger partial charge in [-0.25, -0.2) is 0 Å². The van der Waals surface area contributed by atoms with Crippen LogP contribution in [0.3, 0.4) is 0 Å². The van der Waals surface area contributed by atoms with Gasteiger partial charge in [0.1, 0.15) is 0 Å². The first-order valence-electron chi connectivity index (χ1n) is 3.55. The number of hydrogen-bond acceptors (Lipinski definition) is 1. The zero-order valence-electron chi connectivity index (χ0n) is 7.03. The molecule has 0 aliphatic heterocycles. The number of halogens is 5. The van der Waals surface area contributed by atoms with Crippen molar-refractivity contribution >= 4 is 45.2 Å². The SMILES string of the molecule is C#Cc1cc(I)c(OC(F)(F)F)c(I)c1. The smallest absolute Gasteiger partial charge is 0.404 e. The number of ether oxygens (including phenoxy) is 1. The Labute approximate surface area is 112 Å². The fourth-order valence-electron chi connectivity index (χ4n) is 0.856. The van der Waals surface area contributed by atoms with Crippen molar-refractivity contribution in [2.24, 2.45) is 0 Å². The van der Waals surface area contributed by atoms with Crippen molar-refractivity contribution in [3.8, 4) is 18.1 Å². The lowest BCUT2D eigenvalue weighted by atomic mass is 10.2. The monoisotopic (exact) mass is 438 g/mol. The Morgan fingerprint density at radius 1 is 1.20 bits per heavy atom. The minimum Gasteiger partial charge on any atom is -0.404 e. The predicted octanol–water partition coefficient (Wildman–Crippen LogP) is 3.78. The number of alkyl halides is 3. The Kier molecular flexibility index (Phi) is 4.11. The van der Waals surface area contributed by atoms with E-state index in [1.165, 1.54) is 12.1 Å². The van der Waals surface area contributed by atoms with Crippen LogP contribution in [0.15, 0.2) is 12.1 Å². The van der Waals surface area contributed by atoms with Gasteiger partial charge >= 0.3 is 6.36 Å². The van der Waals surface area contributed by atoms with Gasteiger partial charge < -0.3 is 4.74 Å². The van der Waals surface area contributed by atoms with Crippen molar-refractivity contribution < 1.29 is 17.9 Å². The molecule has 0 unspecified atom stereocenters. The van der Waals surface area contributed by atoms with Crippen molar-refractivity contribution in [2.75, 3.05) is 0 Å². The maximum absolute atomic E-state index is 12.0. The molecule has 0 amide bonds. The minimum atomic E-state index is -4.68. The summed E-state index contributed by atoms with van der Waals surface area (Å²) in [5.41, 5.74) is 0.526. The molecule has 0 radical (unpaired) electrons. The predicted molar refractivity (Wildman–Crippen MR) is 66.5 cm³/mol. The number of benzene rings is 1. The van der Waals surface area contributed by atoms with E-state index in [9.17, 15) is 13.2 Å². The molecule has 1 aromatic carbocycles. The van der Waals surface area contributed by atoms with Crippen molar-refractivity contribution in [1.82, 2.24) is 0 Å². The highest BCUT2D eigenvalue weighted by atomic mass is 127. The third-order valence-corrected chi connectivity index (χ3v) is 2.99. The summed E-state index contributed by atoms with van der Waals surface area (Å²) >= 11 is 3.50. The maximum atomic E-state index is 12.0. The largest absolute Gasteiger partial charge is 0.573 e. The third kappa shape index (κ3) is 3.71. The summed E-state index contributed by atoms with van der Waals surface area (Å²) in [4.78, 5) is 0. The molecule has 0 fully saturated rings. The summed E-state index contributed by atoms with van der Waals surface area (Å²) in [6.07, 6.45) is 0.462. The fraction of sp³-hybridized carbons (Fsp3) is 0.111. The van der Waals surface area contributed by atoms with E-state index >= 15 is 0 Å². The summed E-state index contributed by atoms with van der Waals surface area (Å²) in [6.45, 7) is 0. The molecule has 1 nitrogen and oxygen atoms in total. The Balaban J connectivity index is 3.16. The van der Waals surface area contributed by atoms with Crippen LogP contribution in [0.1, 0.15) is 5.56 Å². The van der Waals surface area contributed by atoms with Gasteiger partial charge in [-0.05, 0) is 57.3 Å². The molecule has 0 N–H and O–H groups in total. The average molecular weight is 438 g/mol. The normalized spacial score (nSPS) is 10.9. The fourth-order valence-corrected chi connectivity index (χ4v) is 2.84. The quantitative estimate of drug-likeness (QED) is 0.480. The zero-order valence-corrected chi connectivity index (χ0v) is 11.3. The van der Waals surface area contributed by atoms with Gasteiger partial charge in [-0.2, -0.15) is 0 Å². The van der Waals surface area contributed by atoms with Crippen LogP contribution in [-0.2, 0) is 0 Å². The van der Waals surface area contributed by atoms with Crippen LogP contribution in [0.2, 0.25) is 0 Å². The van der Waals surface area contributed by atoms with E-state index in [4.69, 9.17) is 6.42 Å². The van der Waals surface area contributed by atoms with Gasteiger partial charge in [0, 0.05) is 5.56 Å². The van der Waals surface area contributed by atoms with Crippen LogP contribution >= 0.6 is 45.2 Å². The van der Waals surface area contributed by atoms with E-state index in [-0.39, 0.29) is 5.75 Å². The van der Waals surface area contributed by atoms with E-state index in [0.717, 1.165) is 0 Å². The number of rotatable bonds is 1. The minimum absolute atomic E-state index is 0.206. The molecule has 0 bridgehead atoms. The van der Waals surface area contributed by atoms with Gasteiger partial charge in [0.25, 0.3) is 0 Å². The van der Waals surface area contributed by atoms with E-state index < -0.39 is 6.36 Å². The number of hydrogen-bond donors (Lipinski definition) is 0. The van der Waals surface area contributed by atoms with E-state index in [2.05, 4.69) is 10.7 Å². The first-order valence-corrected chi connectivity index (χ1v) is 5.70. The standard InChI is InChI=1S/C9H3F3I2O/c1-2-5-3-6(13)8(7(14)4-5)15-9(10,11)12/h1,3-4H. The molecule has 1 rings (SSSR count). The Morgan fingerprint density at radius 3 is 2.00 bits per heavy atom. The molecular formula is C9H3F3I2O.